The smallest absolute Gasteiger partial charge is 0.0537 e. The molecule has 0 saturated heterocycles. The van der Waals surface area contributed by atoms with Crippen LogP contribution in [0.5, 0.6) is 0 Å². The molecule has 1 aromatic heterocycles. The summed E-state index contributed by atoms with van der Waals surface area (Å²) >= 11 is 0. The highest BCUT2D eigenvalue weighted by Gasteiger charge is 2.04. The molecule has 0 aliphatic carbocycles. The SMILES string of the molecule is Cc1c(CN[C@H](C)CN)cnn1C. The Hall–Kier alpha value is -0.870. The van der Waals surface area contributed by atoms with Crippen LogP contribution in [0.3, 0.4) is 0 Å². The third-order valence-corrected chi connectivity index (χ3v) is 2.33. The molecule has 1 aromatic rings. The van der Waals surface area contributed by atoms with Gasteiger partial charge in [0.05, 0.1) is 6.20 Å². The first kappa shape index (κ1) is 10.2. The van der Waals surface area contributed by atoms with E-state index in [0.717, 1.165) is 6.54 Å². The molecule has 0 unspecified atom stereocenters. The zero-order valence-corrected chi connectivity index (χ0v) is 8.54. The van der Waals surface area contributed by atoms with Gasteiger partial charge in [-0.2, -0.15) is 5.10 Å². The molecule has 0 aliphatic heterocycles. The zero-order valence-electron chi connectivity index (χ0n) is 8.54. The van der Waals surface area contributed by atoms with E-state index in [1.165, 1.54) is 11.3 Å². The third-order valence-electron chi connectivity index (χ3n) is 2.33. The van der Waals surface area contributed by atoms with Crippen LogP contribution in [0, 0.1) is 6.92 Å². The lowest BCUT2D eigenvalue weighted by molar-refractivity contribution is 0.555. The van der Waals surface area contributed by atoms with E-state index in [1.807, 2.05) is 17.9 Å². The first-order valence-electron chi connectivity index (χ1n) is 4.56. The van der Waals surface area contributed by atoms with Crippen molar-refractivity contribution in [2.75, 3.05) is 6.54 Å². The minimum absolute atomic E-state index is 0.361. The summed E-state index contributed by atoms with van der Waals surface area (Å²) in [4.78, 5) is 0. The Morgan fingerprint density at radius 2 is 2.38 bits per heavy atom. The molecule has 0 fully saturated rings. The highest BCUT2D eigenvalue weighted by atomic mass is 15.3. The Kier molecular flexibility index (Phi) is 3.45. The third kappa shape index (κ3) is 2.54. The standard InChI is InChI=1S/C9H18N4/c1-7(4-10)11-5-9-6-12-13(3)8(9)2/h6-7,11H,4-5,10H2,1-3H3/t7-/m1/s1. The molecule has 0 aromatic carbocycles. The van der Waals surface area contributed by atoms with Crippen molar-refractivity contribution >= 4 is 0 Å². The fourth-order valence-electron chi connectivity index (χ4n) is 1.09. The van der Waals surface area contributed by atoms with Crippen LogP contribution in [0.2, 0.25) is 0 Å². The van der Waals surface area contributed by atoms with Crippen molar-refractivity contribution in [3.8, 4) is 0 Å². The van der Waals surface area contributed by atoms with Crippen molar-refractivity contribution in [2.24, 2.45) is 12.8 Å². The molecule has 0 bridgehead atoms. The van der Waals surface area contributed by atoms with Crippen LogP contribution in [0.25, 0.3) is 0 Å². The summed E-state index contributed by atoms with van der Waals surface area (Å²) in [6.07, 6.45) is 1.89. The van der Waals surface area contributed by atoms with Gasteiger partial charge in [-0.1, -0.05) is 0 Å². The van der Waals surface area contributed by atoms with Gasteiger partial charge >= 0.3 is 0 Å². The zero-order chi connectivity index (χ0) is 9.84. The molecular formula is C9H18N4. The lowest BCUT2D eigenvalue weighted by atomic mass is 10.2. The predicted molar refractivity (Wildman–Crippen MR) is 53.3 cm³/mol. The van der Waals surface area contributed by atoms with E-state index in [0.29, 0.717) is 12.6 Å². The molecule has 74 valence electrons. The molecule has 3 N–H and O–H groups in total. The second-order valence-corrected chi connectivity index (χ2v) is 3.40. The summed E-state index contributed by atoms with van der Waals surface area (Å²) < 4.78 is 1.88. The van der Waals surface area contributed by atoms with Crippen LogP contribution in [0.15, 0.2) is 6.20 Å². The summed E-state index contributed by atoms with van der Waals surface area (Å²) in [6, 6.07) is 0.361. The van der Waals surface area contributed by atoms with Gasteiger partial charge in [-0.25, -0.2) is 0 Å². The van der Waals surface area contributed by atoms with Crippen LogP contribution in [-0.2, 0) is 13.6 Å². The second kappa shape index (κ2) is 4.39. The van der Waals surface area contributed by atoms with Gasteiger partial charge in [0.1, 0.15) is 0 Å². The molecule has 1 rings (SSSR count). The quantitative estimate of drug-likeness (QED) is 0.697. The lowest BCUT2D eigenvalue weighted by Crippen LogP contribution is -2.32. The van der Waals surface area contributed by atoms with Gasteiger partial charge in [-0.05, 0) is 13.8 Å². The Balaban J connectivity index is 2.50. The maximum Gasteiger partial charge on any atom is 0.0537 e. The monoisotopic (exact) mass is 182 g/mol. The lowest BCUT2D eigenvalue weighted by Gasteiger charge is -2.10. The Bertz CT molecular complexity index is 267. The van der Waals surface area contributed by atoms with E-state index >= 15 is 0 Å². The van der Waals surface area contributed by atoms with Gasteiger partial charge < -0.3 is 11.1 Å². The average Bonchev–Trinajstić information content (AvgIpc) is 2.44. The van der Waals surface area contributed by atoms with E-state index in [4.69, 9.17) is 5.73 Å². The van der Waals surface area contributed by atoms with Crippen LogP contribution < -0.4 is 11.1 Å². The fraction of sp³-hybridized carbons (Fsp3) is 0.667. The summed E-state index contributed by atoms with van der Waals surface area (Å²) in [5, 5.41) is 7.49. The van der Waals surface area contributed by atoms with Crippen LogP contribution in [0.1, 0.15) is 18.2 Å². The molecule has 0 spiro atoms. The number of hydrogen-bond donors (Lipinski definition) is 2. The van der Waals surface area contributed by atoms with Gasteiger partial charge in [-0.3, -0.25) is 4.68 Å². The molecule has 0 radical (unpaired) electrons. The molecule has 1 atom stereocenters. The van der Waals surface area contributed by atoms with Gasteiger partial charge in [0.15, 0.2) is 0 Å². The summed E-state index contributed by atoms with van der Waals surface area (Å²) in [6.45, 7) is 5.65. The molecule has 4 nitrogen and oxygen atoms in total. The number of nitrogens with two attached hydrogens (primary N) is 1. The van der Waals surface area contributed by atoms with E-state index in [1.54, 1.807) is 0 Å². The van der Waals surface area contributed by atoms with E-state index in [2.05, 4.69) is 24.3 Å². The number of nitrogens with zero attached hydrogens (tertiary/aromatic N) is 2. The Labute approximate surface area is 79.1 Å². The average molecular weight is 182 g/mol. The highest BCUT2D eigenvalue weighted by molar-refractivity contribution is 5.15. The summed E-state index contributed by atoms with van der Waals surface area (Å²) in [5.41, 5.74) is 7.94. The molecule has 0 aliphatic rings. The normalized spacial score (nSPS) is 13.2. The minimum Gasteiger partial charge on any atom is -0.329 e. The Morgan fingerprint density at radius 1 is 1.69 bits per heavy atom. The topological polar surface area (TPSA) is 55.9 Å². The van der Waals surface area contributed by atoms with Crippen molar-refractivity contribution in [1.29, 1.82) is 0 Å². The van der Waals surface area contributed by atoms with Gasteiger partial charge in [0.25, 0.3) is 0 Å². The molecule has 0 amide bonds. The number of aryl methyl sites for hydroxylation is 1. The maximum atomic E-state index is 5.50. The van der Waals surface area contributed by atoms with Crippen LogP contribution >= 0.6 is 0 Å². The fourth-order valence-corrected chi connectivity index (χ4v) is 1.09. The van der Waals surface area contributed by atoms with Crippen molar-refractivity contribution in [3.63, 3.8) is 0 Å². The largest absolute Gasteiger partial charge is 0.329 e. The van der Waals surface area contributed by atoms with Gasteiger partial charge in [-0.15, -0.1) is 0 Å². The van der Waals surface area contributed by atoms with Gasteiger partial charge in [0.2, 0.25) is 0 Å². The number of hydrogen-bond acceptors (Lipinski definition) is 3. The first-order valence-corrected chi connectivity index (χ1v) is 4.56. The van der Waals surface area contributed by atoms with Crippen molar-refractivity contribution in [3.05, 3.63) is 17.5 Å². The van der Waals surface area contributed by atoms with Crippen molar-refractivity contribution in [2.45, 2.75) is 26.4 Å². The van der Waals surface area contributed by atoms with E-state index in [9.17, 15) is 0 Å². The van der Waals surface area contributed by atoms with Gasteiger partial charge in [0, 0.05) is 37.4 Å². The predicted octanol–water partition coefficient (Wildman–Crippen LogP) is 0.165. The summed E-state index contributed by atoms with van der Waals surface area (Å²) in [5.74, 6) is 0. The summed E-state index contributed by atoms with van der Waals surface area (Å²) in [7, 11) is 1.95. The number of nitrogens with one attached hydrogen (secondary N) is 1. The molecule has 13 heavy (non-hydrogen) atoms. The maximum absolute atomic E-state index is 5.50. The molecule has 0 saturated carbocycles. The minimum atomic E-state index is 0.361. The molecule has 1 heterocycles. The highest BCUT2D eigenvalue weighted by Crippen LogP contribution is 2.04. The van der Waals surface area contributed by atoms with E-state index in [-0.39, 0.29) is 0 Å². The van der Waals surface area contributed by atoms with E-state index < -0.39 is 0 Å². The number of rotatable bonds is 4. The van der Waals surface area contributed by atoms with Crippen molar-refractivity contribution in [1.82, 2.24) is 15.1 Å². The second-order valence-electron chi connectivity index (χ2n) is 3.40. The molecule has 4 heteroatoms. The Morgan fingerprint density at radius 3 is 2.85 bits per heavy atom. The molecular weight excluding hydrogens is 164 g/mol. The van der Waals surface area contributed by atoms with Crippen LogP contribution in [-0.4, -0.2) is 22.4 Å². The van der Waals surface area contributed by atoms with Crippen LogP contribution in [0.4, 0.5) is 0 Å². The van der Waals surface area contributed by atoms with Crippen molar-refractivity contribution < 1.29 is 0 Å². The first-order chi connectivity index (χ1) is 6.15. The number of aromatic nitrogens is 2.